The van der Waals surface area contributed by atoms with Crippen LogP contribution in [-0.2, 0) is 4.74 Å². The number of ether oxygens (including phenoxy) is 2. The Morgan fingerprint density at radius 2 is 2.39 bits per heavy atom. The standard InChI is InChI=1S/C13H17BrFNO2/c1-2-16-5-6-17-11(8-16)9-18-13-7-10(14)3-4-12(13)15/h3-4,7,11H,2,5-6,8-9H2,1H3. The van der Waals surface area contributed by atoms with Crippen molar-refractivity contribution in [3.8, 4) is 5.75 Å². The van der Waals surface area contributed by atoms with Crippen LogP contribution in [0, 0.1) is 5.82 Å². The molecule has 1 aromatic rings. The van der Waals surface area contributed by atoms with E-state index in [9.17, 15) is 4.39 Å². The lowest BCUT2D eigenvalue weighted by molar-refractivity contribution is -0.0468. The van der Waals surface area contributed by atoms with Gasteiger partial charge in [0.2, 0.25) is 0 Å². The number of likely N-dealkylation sites (N-methyl/N-ethyl adjacent to an activating group) is 1. The van der Waals surface area contributed by atoms with Crippen LogP contribution in [0.25, 0.3) is 0 Å². The number of morpholine rings is 1. The maximum absolute atomic E-state index is 13.5. The summed E-state index contributed by atoms with van der Waals surface area (Å²) < 4.78 is 25.4. The van der Waals surface area contributed by atoms with Crippen LogP contribution in [0.2, 0.25) is 0 Å². The van der Waals surface area contributed by atoms with Crippen LogP contribution >= 0.6 is 15.9 Å². The van der Waals surface area contributed by atoms with E-state index in [4.69, 9.17) is 9.47 Å². The van der Waals surface area contributed by atoms with Crippen molar-refractivity contribution in [2.45, 2.75) is 13.0 Å². The maximum Gasteiger partial charge on any atom is 0.165 e. The van der Waals surface area contributed by atoms with Crippen molar-refractivity contribution in [2.75, 3.05) is 32.8 Å². The Bertz CT molecular complexity index is 403. The van der Waals surface area contributed by atoms with E-state index >= 15 is 0 Å². The molecule has 5 heteroatoms. The maximum atomic E-state index is 13.5. The zero-order chi connectivity index (χ0) is 13.0. The lowest BCUT2D eigenvalue weighted by atomic mass is 10.3. The molecule has 0 amide bonds. The average molecular weight is 318 g/mol. The van der Waals surface area contributed by atoms with E-state index < -0.39 is 0 Å². The van der Waals surface area contributed by atoms with Crippen LogP contribution in [0.15, 0.2) is 22.7 Å². The van der Waals surface area contributed by atoms with Crippen molar-refractivity contribution in [1.29, 1.82) is 0 Å². The molecule has 1 atom stereocenters. The summed E-state index contributed by atoms with van der Waals surface area (Å²) in [4.78, 5) is 2.30. The van der Waals surface area contributed by atoms with Crippen LogP contribution < -0.4 is 4.74 Å². The molecule has 1 heterocycles. The zero-order valence-corrected chi connectivity index (χ0v) is 12.0. The summed E-state index contributed by atoms with van der Waals surface area (Å²) in [6.45, 7) is 6.01. The molecule has 1 aromatic carbocycles. The van der Waals surface area contributed by atoms with Crippen molar-refractivity contribution in [1.82, 2.24) is 4.90 Å². The molecule has 18 heavy (non-hydrogen) atoms. The smallest absolute Gasteiger partial charge is 0.165 e. The molecule has 1 unspecified atom stereocenters. The molecule has 2 rings (SSSR count). The van der Waals surface area contributed by atoms with Crippen LogP contribution in [0.5, 0.6) is 5.75 Å². The predicted octanol–water partition coefficient (Wildman–Crippen LogP) is 2.69. The number of halogens is 2. The van der Waals surface area contributed by atoms with Crippen molar-refractivity contribution < 1.29 is 13.9 Å². The molecule has 0 bridgehead atoms. The number of hydrogen-bond acceptors (Lipinski definition) is 3. The minimum absolute atomic E-state index is 0.0112. The highest BCUT2D eigenvalue weighted by atomic mass is 79.9. The third-order valence-corrected chi connectivity index (χ3v) is 3.48. The third-order valence-electron chi connectivity index (χ3n) is 2.99. The Morgan fingerprint density at radius 1 is 1.56 bits per heavy atom. The van der Waals surface area contributed by atoms with Gasteiger partial charge in [0, 0.05) is 17.6 Å². The van der Waals surface area contributed by atoms with E-state index in [1.807, 2.05) is 0 Å². The van der Waals surface area contributed by atoms with Gasteiger partial charge in [-0.05, 0) is 24.7 Å². The largest absolute Gasteiger partial charge is 0.488 e. The summed E-state index contributed by atoms with van der Waals surface area (Å²) in [6.07, 6.45) is 0.0112. The minimum atomic E-state index is -0.346. The van der Waals surface area contributed by atoms with Crippen LogP contribution in [0.3, 0.4) is 0 Å². The van der Waals surface area contributed by atoms with E-state index in [-0.39, 0.29) is 17.7 Å². The highest BCUT2D eigenvalue weighted by molar-refractivity contribution is 9.10. The van der Waals surface area contributed by atoms with Crippen LogP contribution in [0.1, 0.15) is 6.92 Å². The molecule has 0 N–H and O–H groups in total. The second kappa shape index (κ2) is 6.50. The highest BCUT2D eigenvalue weighted by Crippen LogP contribution is 2.22. The lowest BCUT2D eigenvalue weighted by Gasteiger charge is -2.31. The number of hydrogen-bond donors (Lipinski definition) is 0. The monoisotopic (exact) mass is 317 g/mol. The zero-order valence-electron chi connectivity index (χ0n) is 10.4. The molecular formula is C13H17BrFNO2. The van der Waals surface area contributed by atoms with Crippen molar-refractivity contribution >= 4 is 15.9 Å². The molecule has 0 spiro atoms. The van der Waals surface area contributed by atoms with Gasteiger partial charge in [-0.25, -0.2) is 4.39 Å². The first kappa shape index (κ1) is 13.8. The molecule has 100 valence electrons. The topological polar surface area (TPSA) is 21.7 Å². The van der Waals surface area contributed by atoms with Gasteiger partial charge < -0.3 is 9.47 Å². The van der Waals surface area contributed by atoms with Crippen molar-refractivity contribution in [3.63, 3.8) is 0 Å². The third kappa shape index (κ3) is 3.67. The number of rotatable bonds is 4. The summed E-state index contributed by atoms with van der Waals surface area (Å²) in [6, 6.07) is 4.67. The first-order chi connectivity index (χ1) is 8.69. The molecule has 0 aromatic heterocycles. The molecule has 0 saturated carbocycles. The first-order valence-electron chi connectivity index (χ1n) is 6.11. The van der Waals surface area contributed by atoms with E-state index in [1.165, 1.54) is 6.07 Å². The summed E-state index contributed by atoms with van der Waals surface area (Å²) >= 11 is 3.30. The molecule has 1 aliphatic heterocycles. The fourth-order valence-corrected chi connectivity index (χ4v) is 2.28. The summed E-state index contributed by atoms with van der Waals surface area (Å²) in [7, 11) is 0. The fourth-order valence-electron chi connectivity index (χ4n) is 1.94. The molecule has 1 saturated heterocycles. The Balaban J connectivity index is 1.89. The van der Waals surface area contributed by atoms with Gasteiger partial charge in [-0.15, -0.1) is 0 Å². The second-order valence-electron chi connectivity index (χ2n) is 4.27. The predicted molar refractivity (Wildman–Crippen MR) is 71.4 cm³/mol. The van der Waals surface area contributed by atoms with Gasteiger partial charge in [-0.1, -0.05) is 22.9 Å². The van der Waals surface area contributed by atoms with Gasteiger partial charge in [-0.3, -0.25) is 4.90 Å². The number of benzene rings is 1. The van der Waals surface area contributed by atoms with E-state index in [0.717, 1.165) is 24.1 Å². The SMILES string of the molecule is CCN1CCOC(COc2cc(Br)ccc2F)C1. The highest BCUT2D eigenvalue weighted by Gasteiger charge is 2.20. The van der Waals surface area contributed by atoms with Gasteiger partial charge in [0.05, 0.1) is 6.61 Å². The molecule has 1 fully saturated rings. The van der Waals surface area contributed by atoms with E-state index in [1.54, 1.807) is 12.1 Å². The number of nitrogens with zero attached hydrogens (tertiary/aromatic N) is 1. The summed E-state index contributed by atoms with van der Waals surface area (Å²) in [5, 5.41) is 0. The fraction of sp³-hybridized carbons (Fsp3) is 0.538. The average Bonchev–Trinajstić information content (AvgIpc) is 2.40. The van der Waals surface area contributed by atoms with Crippen molar-refractivity contribution in [3.05, 3.63) is 28.5 Å². The first-order valence-corrected chi connectivity index (χ1v) is 6.90. The van der Waals surface area contributed by atoms with E-state index in [2.05, 4.69) is 27.8 Å². The molecular weight excluding hydrogens is 301 g/mol. The molecule has 1 aliphatic rings. The van der Waals surface area contributed by atoms with Crippen LogP contribution in [0.4, 0.5) is 4.39 Å². The Morgan fingerprint density at radius 3 is 3.17 bits per heavy atom. The van der Waals surface area contributed by atoms with Crippen LogP contribution in [-0.4, -0.2) is 43.9 Å². The summed E-state index contributed by atoms with van der Waals surface area (Å²) in [5.74, 6) is -0.0806. The summed E-state index contributed by atoms with van der Waals surface area (Å²) in [5.41, 5.74) is 0. The Labute approximate surface area is 115 Å². The molecule has 0 aliphatic carbocycles. The molecule has 0 radical (unpaired) electrons. The van der Waals surface area contributed by atoms with Gasteiger partial charge in [0.1, 0.15) is 12.7 Å². The minimum Gasteiger partial charge on any atom is -0.488 e. The second-order valence-corrected chi connectivity index (χ2v) is 5.19. The van der Waals surface area contributed by atoms with Crippen molar-refractivity contribution in [2.24, 2.45) is 0 Å². The molecule has 3 nitrogen and oxygen atoms in total. The Kier molecular flexibility index (Phi) is 4.97. The quantitative estimate of drug-likeness (QED) is 0.852. The normalized spacial score (nSPS) is 20.9. The van der Waals surface area contributed by atoms with E-state index in [0.29, 0.717) is 13.2 Å². The van der Waals surface area contributed by atoms with Gasteiger partial charge in [0.25, 0.3) is 0 Å². The lowest BCUT2D eigenvalue weighted by Crippen LogP contribution is -2.44. The Hall–Kier alpha value is -0.650. The van der Waals surface area contributed by atoms with Gasteiger partial charge in [-0.2, -0.15) is 0 Å². The van der Waals surface area contributed by atoms with Gasteiger partial charge >= 0.3 is 0 Å². The van der Waals surface area contributed by atoms with Gasteiger partial charge in [0.15, 0.2) is 11.6 Å².